The van der Waals surface area contributed by atoms with Crippen LogP contribution in [0.3, 0.4) is 0 Å². The average Bonchev–Trinajstić information content (AvgIpc) is 3.28. The quantitative estimate of drug-likeness (QED) is 0.370. The Labute approximate surface area is 207 Å². The smallest absolute Gasteiger partial charge is 0.337 e. The van der Waals surface area contributed by atoms with Crippen LogP contribution in [-0.2, 0) is 16.2 Å². The summed E-state index contributed by atoms with van der Waals surface area (Å²) in [7, 11) is -3.63. The van der Waals surface area contributed by atoms with Crippen molar-refractivity contribution in [1.29, 1.82) is 0 Å². The van der Waals surface area contributed by atoms with E-state index in [-0.39, 0.29) is 23.8 Å². The summed E-state index contributed by atoms with van der Waals surface area (Å²) in [4.78, 5) is 10.7. The van der Waals surface area contributed by atoms with Crippen molar-refractivity contribution >= 4 is 37.7 Å². The van der Waals surface area contributed by atoms with Crippen molar-refractivity contribution in [3.05, 3.63) is 70.8 Å². The number of hydrogen-bond donors (Lipinski definition) is 0. The number of anilines is 1. The predicted octanol–water partition coefficient (Wildman–Crippen LogP) is 4.08. The highest BCUT2D eigenvalue weighted by molar-refractivity contribution is 9.10. The molecule has 0 unspecified atom stereocenters. The molecule has 0 radical (unpaired) electrons. The molecular formula is C22H18BrF3N6O2S. The SMILES string of the molecule is O=S(=O)(c1ccc(Br)cc1)N1CCN(c2nc3nccc(-c4cccc(C(F)(F)F)c4)n3n2)CC1. The lowest BCUT2D eigenvalue weighted by atomic mass is 10.1. The second kappa shape index (κ2) is 8.88. The maximum absolute atomic E-state index is 13.2. The molecule has 0 N–H and O–H groups in total. The number of halogens is 4. The molecule has 0 amide bonds. The normalized spacial score (nSPS) is 15.6. The molecule has 182 valence electrons. The van der Waals surface area contributed by atoms with E-state index in [0.29, 0.717) is 30.3 Å². The molecule has 4 aromatic rings. The first-order valence-electron chi connectivity index (χ1n) is 10.5. The molecule has 3 heterocycles. The van der Waals surface area contributed by atoms with Gasteiger partial charge in [0.15, 0.2) is 0 Å². The summed E-state index contributed by atoms with van der Waals surface area (Å²) < 4.78 is 69.0. The molecule has 1 aliphatic rings. The minimum atomic E-state index is -4.47. The minimum Gasteiger partial charge on any atom is -0.337 e. The third-order valence-electron chi connectivity index (χ3n) is 5.69. The Morgan fingerprint density at radius 1 is 0.943 bits per heavy atom. The van der Waals surface area contributed by atoms with Crippen molar-refractivity contribution in [2.45, 2.75) is 11.1 Å². The zero-order valence-electron chi connectivity index (χ0n) is 18.0. The molecule has 2 aromatic heterocycles. The number of benzene rings is 2. The van der Waals surface area contributed by atoms with Crippen molar-refractivity contribution in [3.8, 4) is 11.3 Å². The van der Waals surface area contributed by atoms with E-state index in [4.69, 9.17) is 0 Å². The number of piperazine rings is 1. The zero-order valence-corrected chi connectivity index (χ0v) is 20.4. The van der Waals surface area contributed by atoms with Gasteiger partial charge in [-0.25, -0.2) is 13.4 Å². The number of aromatic nitrogens is 4. The van der Waals surface area contributed by atoms with Gasteiger partial charge in [-0.2, -0.15) is 27.0 Å². The Balaban J connectivity index is 1.38. The highest BCUT2D eigenvalue weighted by Gasteiger charge is 2.31. The van der Waals surface area contributed by atoms with E-state index in [1.165, 1.54) is 21.1 Å². The van der Waals surface area contributed by atoms with Gasteiger partial charge in [0.25, 0.3) is 5.78 Å². The summed E-state index contributed by atoms with van der Waals surface area (Å²) in [6, 6.07) is 13.0. The Kier molecular flexibility index (Phi) is 6.01. The third kappa shape index (κ3) is 4.62. The first-order valence-corrected chi connectivity index (χ1v) is 12.8. The van der Waals surface area contributed by atoms with Crippen molar-refractivity contribution in [2.24, 2.45) is 0 Å². The molecule has 0 bridgehead atoms. The molecule has 13 heteroatoms. The van der Waals surface area contributed by atoms with Gasteiger partial charge in [0.1, 0.15) is 0 Å². The molecular weight excluding hydrogens is 549 g/mol. The second-order valence-electron chi connectivity index (χ2n) is 7.88. The van der Waals surface area contributed by atoms with Crippen LogP contribution >= 0.6 is 15.9 Å². The Hall–Kier alpha value is -3.03. The summed E-state index contributed by atoms with van der Waals surface area (Å²) in [6.07, 6.45) is -3.00. The molecule has 8 nitrogen and oxygen atoms in total. The zero-order chi connectivity index (χ0) is 24.8. The lowest BCUT2D eigenvalue weighted by molar-refractivity contribution is -0.137. The van der Waals surface area contributed by atoms with Gasteiger partial charge in [-0.05, 0) is 42.5 Å². The number of fused-ring (bicyclic) bond motifs is 1. The minimum absolute atomic E-state index is 0.218. The van der Waals surface area contributed by atoms with Crippen LogP contribution in [0.5, 0.6) is 0 Å². The molecule has 1 fully saturated rings. The first kappa shape index (κ1) is 23.7. The van der Waals surface area contributed by atoms with Gasteiger partial charge in [-0.15, -0.1) is 5.10 Å². The molecule has 1 saturated heterocycles. The third-order valence-corrected chi connectivity index (χ3v) is 8.13. The van der Waals surface area contributed by atoms with Gasteiger partial charge in [-0.3, -0.25) is 0 Å². The molecule has 5 rings (SSSR count). The fourth-order valence-corrected chi connectivity index (χ4v) is 5.56. The van der Waals surface area contributed by atoms with E-state index in [1.807, 2.05) is 4.90 Å². The lowest BCUT2D eigenvalue weighted by Crippen LogP contribution is -2.49. The van der Waals surface area contributed by atoms with Crippen LogP contribution in [0.2, 0.25) is 0 Å². The summed E-state index contributed by atoms with van der Waals surface area (Å²) in [6.45, 7) is 1.18. The van der Waals surface area contributed by atoms with Crippen LogP contribution in [0.1, 0.15) is 5.56 Å². The highest BCUT2D eigenvalue weighted by Crippen LogP contribution is 2.32. The molecule has 0 saturated carbocycles. The maximum atomic E-state index is 13.2. The largest absolute Gasteiger partial charge is 0.416 e. The van der Waals surface area contributed by atoms with E-state index in [0.717, 1.165) is 16.6 Å². The van der Waals surface area contributed by atoms with E-state index in [2.05, 4.69) is 31.0 Å². The first-order chi connectivity index (χ1) is 16.6. The van der Waals surface area contributed by atoms with E-state index < -0.39 is 21.8 Å². The van der Waals surface area contributed by atoms with E-state index in [9.17, 15) is 21.6 Å². The Bertz CT molecular complexity index is 1480. The fourth-order valence-electron chi connectivity index (χ4n) is 3.88. The van der Waals surface area contributed by atoms with Crippen LogP contribution in [0.4, 0.5) is 19.1 Å². The number of alkyl halides is 3. The molecule has 0 aliphatic carbocycles. The topological polar surface area (TPSA) is 83.7 Å². The molecule has 0 atom stereocenters. The number of nitrogens with zero attached hydrogens (tertiary/aromatic N) is 6. The Morgan fingerprint density at radius 3 is 2.34 bits per heavy atom. The van der Waals surface area contributed by atoms with E-state index in [1.54, 1.807) is 36.4 Å². The summed E-state index contributed by atoms with van der Waals surface area (Å²) in [5, 5.41) is 4.47. The Morgan fingerprint density at radius 2 is 1.66 bits per heavy atom. The van der Waals surface area contributed by atoms with Crippen molar-refractivity contribution in [3.63, 3.8) is 0 Å². The van der Waals surface area contributed by atoms with Gasteiger partial charge in [0.05, 0.1) is 16.2 Å². The highest BCUT2D eigenvalue weighted by atomic mass is 79.9. The van der Waals surface area contributed by atoms with Crippen LogP contribution < -0.4 is 4.90 Å². The molecule has 35 heavy (non-hydrogen) atoms. The monoisotopic (exact) mass is 566 g/mol. The van der Waals surface area contributed by atoms with Crippen LogP contribution in [0, 0.1) is 0 Å². The van der Waals surface area contributed by atoms with Gasteiger partial charge in [-0.1, -0.05) is 28.1 Å². The van der Waals surface area contributed by atoms with Crippen molar-refractivity contribution in [2.75, 3.05) is 31.1 Å². The lowest BCUT2D eigenvalue weighted by Gasteiger charge is -2.33. The van der Waals surface area contributed by atoms with Crippen molar-refractivity contribution < 1.29 is 21.6 Å². The summed E-state index contributed by atoms with van der Waals surface area (Å²) in [5.74, 6) is 0.567. The van der Waals surface area contributed by atoms with Gasteiger partial charge in [0, 0.05) is 42.4 Å². The number of hydrogen-bond acceptors (Lipinski definition) is 6. The molecule has 2 aromatic carbocycles. The molecule has 0 spiro atoms. The molecule has 1 aliphatic heterocycles. The predicted molar refractivity (Wildman–Crippen MR) is 126 cm³/mol. The van der Waals surface area contributed by atoms with Crippen LogP contribution in [-0.4, -0.2) is 58.5 Å². The van der Waals surface area contributed by atoms with Gasteiger partial charge >= 0.3 is 6.18 Å². The fraction of sp³-hybridized carbons (Fsp3) is 0.227. The van der Waals surface area contributed by atoms with Crippen LogP contribution in [0.15, 0.2) is 70.2 Å². The summed E-state index contributed by atoms with van der Waals surface area (Å²) in [5.41, 5.74) is -0.0196. The maximum Gasteiger partial charge on any atom is 0.416 e. The average molecular weight is 567 g/mol. The number of sulfonamides is 1. The van der Waals surface area contributed by atoms with Crippen LogP contribution in [0.25, 0.3) is 17.0 Å². The van der Waals surface area contributed by atoms with E-state index >= 15 is 0 Å². The second-order valence-corrected chi connectivity index (χ2v) is 10.7. The van der Waals surface area contributed by atoms with Gasteiger partial charge < -0.3 is 4.90 Å². The number of rotatable bonds is 4. The van der Waals surface area contributed by atoms with Crippen molar-refractivity contribution in [1.82, 2.24) is 23.9 Å². The summed E-state index contributed by atoms with van der Waals surface area (Å²) >= 11 is 3.30. The standard InChI is InChI=1S/C22H18BrF3N6O2S/c23-17-4-6-18(7-5-17)35(33,34)31-12-10-30(11-13-31)21-28-20-27-9-8-19(32(20)29-21)15-2-1-3-16(14-15)22(24,25)26/h1-9,14H,10-13H2. The van der Waals surface area contributed by atoms with Gasteiger partial charge in [0.2, 0.25) is 16.0 Å².